The van der Waals surface area contributed by atoms with Crippen LogP contribution in [0.15, 0.2) is 30.3 Å². The van der Waals surface area contributed by atoms with Crippen molar-refractivity contribution in [2.45, 2.75) is 52.2 Å². The second-order valence-electron chi connectivity index (χ2n) is 6.55. The van der Waals surface area contributed by atoms with Crippen LogP contribution >= 0.6 is 0 Å². The van der Waals surface area contributed by atoms with E-state index in [-0.39, 0.29) is 6.04 Å². The van der Waals surface area contributed by atoms with Crippen LogP contribution in [0.4, 0.5) is 4.79 Å². The van der Waals surface area contributed by atoms with Gasteiger partial charge in [-0.3, -0.25) is 0 Å². The average Bonchev–Trinajstić information content (AvgIpc) is 2.55. The third kappa shape index (κ3) is 8.89. The Kier molecular flexibility index (Phi) is 10.1. The van der Waals surface area contributed by atoms with Gasteiger partial charge < -0.3 is 20.5 Å². The summed E-state index contributed by atoms with van der Waals surface area (Å²) in [6.45, 7) is 7.95. The molecule has 1 rings (SSSR count). The Labute approximate surface area is 145 Å². The van der Waals surface area contributed by atoms with Gasteiger partial charge in [0.15, 0.2) is 0 Å². The molecule has 24 heavy (non-hydrogen) atoms. The number of amides is 1. The zero-order valence-corrected chi connectivity index (χ0v) is 15.1. The summed E-state index contributed by atoms with van der Waals surface area (Å²) in [7, 11) is 0. The van der Waals surface area contributed by atoms with Crippen molar-refractivity contribution in [2.75, 3.05) is 19.7 Å². The van der Waals surface area contributed by atoms with Gasteiger partial charge in [0.05, 0.1) is 18.8 Å². The molecule has 136 valence electrons. The number of nitrogens with one attached hydrogen (secondary N) is 2. The average molecular weight is 336 g/mol. The molecular weight excluding hydrogens is 304 g/mol. The van der Waals surface area contributed by atoms with E-state index >= 15 is 0 Å². The Hall–Kier alpha value is -1.59. The molecule has 0 aliphatic rings. The molecule has 0 aromatic heterocycles. The quantitative estimate of drug-likeness (QED) is 0.544. The third-order valence-corrected chi connectivity index (χ3v) is 3.70. The predicted molar refractivity (Wildman–Crippen MR) is 97.0 cm³/mol. The smallest absolute Gasteiger partial charge is 0.407 e. The van der Waals surface area contributed by atoms with Crippen LogP contribution in [0.25, 0.3) is 0 Å². The topological polar surface area (TPSA) is 70.6 Å². The number of ether oxygens (including phenoxy) is 1. The van der Waals surface area contributed by atoms with Crippen LogP contribution in [0.2, 0.25) is 0 Å². The third-order valence-electron chi connectivity index (χ3n) is 3.70. The van der Waals surface area contributed by atoms with E-state index in [1.165, 1.54) is 0 Å². The van der Waals surface area contributed by atoms with E-state index < -0.39 is 12.2 Å². The lowest BCUT2D eigenvalue weighted by atomic mass is 10.0. The van der Waals surface area contributed by atoms with Gasteiger partial charge in [-0.05, 0) is 30.9 Å². The molecule has 0 spiro atoms. The molecule has 1 amide bonds. The highest BCUT2D eigenvalue weighted by Crippen LogP contribution is 2.07. The summed E-state index contributed by atoms with van der Waals surface area (Å²) in [6.07, 6.45) is 1.24. The van der Waals surface area contributed by atoms with E-state index in [0.717, 1.165) is 24.9 Å². The number of hydrogen-bond acceptors (Lipinski definition) is 4. The molecular formula is C19H32N2O3. The molecule has 0 bridgehead atoms. The SMILES string of the molecule is CCCCOC(=O)N[C@@H](Cc1ccccc1)[C@@H](O)CNCC(C)C. The maximum atomic E-state index is 11.9. The summed E-state index contributed by atoms with van der Waals surface area (Å²) in [4.78, 5) is 11.9. The normalized spacial score (nSPS) is 13.5. The van der Waals surface area contributed by atoms with Crippen molar-refractivity contribution in [3.8, 4) is 0 Å². The largest absolute Gasteiger partial charge is 0.450 e. The van der Waals surface area contributed by atoms with E-state index in [1.54, 1.807) is 0 Å². The van der Waals surface area contributed by atoms with E-state index in [1.807, 2.05) is 37.3 Å². The number of aliphatic hydroxyl groups excluding tert-OH is 1. The van der Waals surface area contributed by atoms with Gasteiger partial charge in [0.1, 0.15) is 0 Å². The van der Waals surface area contributed by atoms with Crippen LogP contribution in [0.1, 0.15) is 39.2 Å². The number of carbonyl (C=O) groups is 1. The lowest BCUT2D eigenvalue weighted by molar-refractivity contribution is 0.103. The lowest BCUT2D eigenvalue weighted by Gasteiger charge is -2.25. The number of hydrogen-bond donors (Lipinski definition) is 3. The predicted octanol–water partition coefficient (Wildman–Crippen LogP) is 2.73. The first-order valence-electron chi connectivity index (χ1n) is 8.89. The fourth-order valence-electron chi connectivity index (χ4n) is 2.32. The number of rotatable bonds is 11. The van der Waals surface area contributed by atoms with E-state index in [2.05, 4.69) is 24.5 Å². The van der Waals surface area contributed by atoms with Crippen molar-refractivity contribution in [1.82, 2.24) is 10.6 Å². The zero-order valence-electron chi connectivity index (χ0n) is 15.1. The van der Waals surface area contributed by atoms with E-state index in [0.29, 0.717) is 25.5 Å². The number of alkyl carbamates (subject to hydrolysis) is 1. The van der Waals surface area contributed by atoms with Crippen molar-refractivity contribution in [3.05, 3.63) is 35.9 Å². The maximum Gasteiger partial charge on any atom is 0.407 e. The summed E-state index contributed by atoms with van der Waals surface area (Å²) in [6, 6.07) is 9.45. The van der Waals surface area contributed by atoms with Crippen LogP contribution in [0.5, 0.6) is 0 Å². The van der Waals surface area contributed by atoms with Crippen molar-refractivity contribution in [3.63, 3.8) is 0 Å². The van der Waals surface area contributed by atoms with Gasteiger partial charge in [-0.25, -0.2) is 4.79 Å². The van der Waals surface area contributed by atoms with Crippen LogP contribution in [0, 0.1) is 5.92 Å². The van der Waals surface area contributed by atoms with Crippen molar-refractivity contribution in [2.24, 2.45) is 5.92 Å². The summed E-state index contributed by atoms with van der Waals surface area (Å²) in [5.74, 6) is 0.511. The summed E-state index contributed by atoms with van der Waals surface area (Å²) in [5.41, 5.74) is 1.07. The monoisotopic (exact) mass is 336 g/mol. The van der Waals surface area contributed by atoms with Gasteiger partial charge >= 0.3 is 6.09 Å². The Bertz CT molecular complexity index is 451. The minimum Gasteiger partial charge on any atom is -0.450 e. The fourth-order valence-corrected chi connectivity index (χ4v) is 2.32. The molecule has 0 aliphatic heterocycles. The summed E-state index contributed by atoms with van der Waals surface area (Å²) < 4.78 is 5.16. The molecule has 1 aromatic rings. The van der Waals surface area contributed by atoms with Gasteiger partial charge in [-0.1, -0.05) is 57.5 Å². The highest BCUT2D eigenvalue weighted by atomic mass is 16.5. The van der Waals surface area contributed by atoms with Gasteiger partial charge in [0.25, 0.3) is 0 Å². The Balaban J connectivity index is 2.58. The van der Waals surface area contributed by atoms with E-state index in [4.69, 9.17) is 4.74 Å². The molecule has 0 saturated heterocycles. The standard InChI is InChI=1S/C19H32N2O3/c1-4-5-11-24-19(23)21-17(12-16-9-7-6-8-10-16)18(22)14-20-13-15(2)3/h6-10,15,17-18,20,22H,4-5,11-14H2,1-3H3,(H,21,23)/t17-,18-/m0/s1. The first-order valence-corrected chi connectivity index (χ1v) is 8.89. The molecule has 0 radical (unpaired) electrons. The highest BCUT2D eigenvalue weighted by molar-refractivity contribution is 5.67. The Morgan fingerprint density at radius 2 is 1.92 bits per heavy atom. The highest BCUT2D eigenvalue weighted by Gasteiger charge is 2.22. The first-order chi connectivity index (χ1) is 11.5. The Morgan fingerprint density at radius 1 is 1.21 bits per heavy atom. The maximum absolute atomic E-state index is 11.9. The molecule has 0 fully saturated rings. The fraction of sp³-hybridized carbons (Fsp3) is 0.632. The molecule has 2 atom stereocenters. The minimum absolute atomic E-state index is 0.388. The zero-order chi connectivity index (χ0) is 17.8. The lowest BCUT2D eigenvalue weighted by Crippen LogP contribution is -2.49. The number of unbranched alkanes of at least 4 members (excludes halogenated alkanes) is 1. The first kappa shape index (κ1) is 20.5. The van der Waals surface area contributed by atoms with Crippen LogP contribution in [0.3, 0.4) is 0 Å². The van der Waals surface area contributed by atoms with Gasteiger partial charge in [-0.15, -0.1) is 0 Å². The number of carbonyl (C=O) groups excluding carboxylic acids is 1. The van der Waals surface area contributed by atoms with Crippen LogP contribution < -0.4 is 10.6 Å². The van der Waals surface area contributed by atoms with Gasteiger partial charge in [0.2, 0.25) is 0 Å². The molecule has 5 nitrogen and oxygen atoms in total. The van der Waals surface area contributed by atoms with Crippen molar-refractivity contribution >= 4 is 6.09 Å². The van der Waals surface area contributed by atoms with Gasteiger partial charge in [0, 0.05) is 6.54 Å². The molecule has 0 saturated carbocycles. The van der Waals surface area contributed by atoms with Crippen LogP contribution in [-0.4, -0.2) is 43.0 Å². The second kappa shape index (κ2) is 11.9. The molecule has 0 unspecified atom stereocenters. The van der Waals surface area contributed by atoms with E-state index in [9.17, 15) is 9.90 Å². The van der Waals surface area contributed by atoms with Crippen molar-refractivity contribution < 1.29 is 14.6 Å². The molecule has 1 aromatic carbocycles. The van der Waals surface area contributed by atoms with Crippen molar-refractivity contribution in [1.29, 1.82) is 0 Å². The van der Waals surface area contributed by atoms with Crippen LogP contribution in [-0.2, 0) is 11.2 Å². The van der Waals surface area contributed by atoms with Gasteiger partial charge in [-0.2, -0.15) is 0 Å². The number of benzene rings is 1. The molecule has 0 heterocycles. The summed E-state index contributed by atoms with van der Waals surface area (Å²) in [5, 5.41) is 16.5. The Morgan fingerprint density at radius 3 is 2.54 bits per heavy atom. The molecule has 5 heteroatoms. The molecule has 0 aliphatic carbocycles. The molecule has 3 N–H and O–H groups in total. The second-order valence-corrected chi connectivity index (χ2v) is 6.55. The minimum atomic E-state index is -0.678. The summed E-state index contributed by atoms with van der Waals surface area (Å²) >= 11 is 0. The number of aliphatic hydroxyl groups is 1.